The molecule has 0 saturated heterocycles. The number of methoxy groups -OCH3 is 1. The second kappa shape index (κ2) is 5.57. The van der Waals surface area contributed by atoms with Gasteiger partial charge < -0.3 is 4.74 Å². The Kier molecular flexibility index (Phi) is 3.27. The van der Waals surface area contributed by atoms with Gasteiger partial charge in [-0.1, -0.05) is 52.8 Å². The molecule has 0 bridgehead atoms. The van der Waals surface area contributed by atoms with Gasteiger partial charge in [0.1, 0.15) is 0 Å². The molecule has 0 amide bonds. The number of para-hydroxylation sites is 1. The fourth-order valence-electron chi connectivity index (χ4n) is 2.60. The van der Waals surface area contributed by atoms with E-state index in [1.807, 2.05) is 41.1 Å². The Balaban J connectivity index is 1.83. The standard InChI is InChI=1S/C17H15N5O/c1-23-16-12-22(20-18-16)17-14-9-5-6-10-15(14)21(19-17)11-13-7-3-2-4-8-13/h2-10,12H,11H2,1H3. The molecular weight excluding hydrogens is 290 g/mol. The maximum atomic E-state index is 5.10. The van der Waals surface area contributed by atoms with Crippen LogP contribution in [0.2, 0.25) is 0 Å². The minimum Gasteiger partial charge on any atom is -0.479 e. The van der Waals surface area contributed by atoms with E-state index >= 15 is 0 Å². The molecular formula is C17H15N5O. The van der Waals surface area contributed by atoms with Crippen LogP contribution in [0.15, 0.2) is 60.8 Å². The highest BCUT2D eigenvalue weighted by Crippen LogP contribution is 2.23. The third kappa shape index (κ3) is 2.44. The lowest BCUT2D eigenvalue weighted by Gasteiger charge is -2.03. The zero-order valence-electron chi connectivity index (χ0n) is 12.6. The van der Waals surface area contributed by atoms with E-state index in [1.165, 1.54) is 5.56 Å². The van der Waals surface area contributed by atoms with Gasteiger partial charge in [0.2, 0.25) is 0 Å². The van der Waals surface area contributed by atoms with Crippen molar-refractivity contribution in [3.8, 4) is 11.7 Å². The Morgan fingerprint density at radius 1 is 1.00 bits per heavy atom. The second-order valence-electron chi connectivity index (χ2n) is 5.19. The van der Waals surface area contributed by atoms with E-state index in [0.717, 1.165) is 16.7 Å². The average Bonchev–Trinajstić information content (AvgIpc) is 3.21. The summed E-state index contributed by atoms with van der Waals surface area (Å²) in [5.74, 6) is 1.21. The van der Waals surface area contributed by atoms with E-state index in [1.54, 1.807) is 18.0 Å². The molecule has 2 aromatic heterocycles. The maximum absolute atomic E-state index is 5.10. The summed E-state index contributed by atoms with van der Waals surface area (Å²) in [6.07, 6.45) is 1.72. The molecule has 0 radical (unpaired) electrons. The summed E-state index contributed by atoms with van der Waals surface area (Å²) in [5, 5.41) is 13.8. The Labute approximate surface area is 132 Å². The van der Waals surface area contributed by atoms with E-state index in [2.05, 4.69) is 28.5 Å². The largest absolute Gasteiger partial charge is 0.479 e. The Hall–Kier alpha value is -3.15. The van der Waals surface area contributed by atoms with Crippen LogP contribution < -0.4 is 4.74 Å². The van der Waals surface area contributed by atoms with Gasteiger partial charge in [-0.15, -0.1) is 0 Å². The van der Waals surface area contributed by atoms with E-state index in [-0.39, 0.29) is 0 Å². The normalized spacial score (nSPS) is 11.0. The molecule has 0 atom stereocenters. The molecule has 0 fully saturated rings. The third-order valence-corrected chi connectivity index (χ3v) is 3.71. The van der Waals surface area contributed by atoms with Gasteiger partial charge in [-0.25, -0.2) is 0 Å². The van der Waals surface area contributed by atoms with Crippen LogP contribution in [-0.4, -0.2) is 31.9 Å². The maximum Gasteiger partial charge on any atom is 0.253 e. The lowest BCUT2D eigenvalue weighted by molar-refractivity contribution is 0.397. The van der Waals surface area contributed by atoms with Gasteiger partial charge in [0.25, 0.3) is 5.88 Å². The van der Waals surface area contributed by atoms with Gasteiger partial charge in [-0.05, 0) is 17.7 Å². The van der Waals surface area contributed by atoms with Crippen LogP contribution in [-0.2, 0) is 6.54 Å². The molecule has 6 heteroatoms. The van der Waals surface area contributed by atoms with Gasteiger partial charge in [0, 0.05) is 5.39 Å². The highest BCUT2D eigenvalue weighted by molar-refractivity contribution is 5.86. The number of aromatic nitrogens is 5. The summed E-state index contributed by atoms with van der Waals surface area (Å²) >= 11 is 0. The topological polar surface area (TPSA) is 57.8 Å². The molecule has 0 aliphatic carbocycles. The number of hydrogen-bond donors (Lipinski definition) is 0. The minimum atomic E-state index is 0.465. The Morgan fingerprint density at radius 2 is 1.78 bits per heavy atom. The van der Waals surface area contributed by atoms with Gasteiger partial charge in [0.05, 0.1) is 25.4 Å². The van der Waals surface area contributed by atoms with Gasteiger partial charge in [-0.3, -0.25) is 4.68 Å². The number of fused-ring (bicyclic) bond motifs is 1. The minimum absolute atomic E-state index is 0.465. The van der Waals surface area contributed by atoms with Crippen LogP contribution in [0.4, 0.5) is 0 Å². The van der Waals surface area contributed by atoms with E-state index in [9.17, 15) is 0 Å². The molecule has 4 rings (SSSR count). The van der Waals surface area contributed by atoms with Crippen molar-refractivity contribution in [1.29, 1.82) is 0 Å². The first-order chi connectivity index (χ1) is 11.3. The van der Waals surface area contributed by atoms with Crippen LogP contribution >= 0.6 is 0 Å². The predicted octanol–water partition coefficient (Wildman–Crippen LogP) is 2.67. The number of hydrogen-bond acceptors (Lipinski definition) is 4. The highest BCUT2D eigenvalue weighted by atomic mass is 16.5. The lowest BCUT2D eigenvalue weighted by atomic mass is 10.2. The van der Waals surface area contributed by atoms with Crippen LogP contribution in [0.25, 0.3) is 16.7 Å². The molecule has 0 aliphatic rings. The van der Waals surface area contributed by atoms with Gasteiger partial charge in [0.15, 0.2) is 5.82 Å². The van der Waals surface area contributed by atoms with Gasteiger partial charge >= 0.3 is 0 Å². The highest BCUT2D eigenvalue weighted by Gasteiger charge is 2.14. The van der Waals surface area contributed by atoms with Crippen molar-refractivity contribution in [2.24, 2.45) is 0 Å². The molecule has 2 heterocycles. The zero-order chi connectivity index (χ0) is 15.6. The van der Waals surface area contributed by atoms with Gasteiger partial charge in [-0.2, -0.15) is 9.78 Å². The summed E-state index contributed by atoms with van der Waals surface area (Å²) in [5.41, 5.74) is 2.25. The molecule has 0 saturated carbocycles. The molecule has 23 heavy (non-hydrogen) atoms. The summed E-state index contributed by atoms with van der Waals surface area (Å²) in [6, 6.07) is 18.4. The molecule has 0 unspecified atom stereocenters. The van der Waals surface area contributed by atoms with Crippen molar-refractivity contribution in [1.82, 2.24) is 24.8 Å². The molecule has 4 aromatic rings. The molecule has 114 valence electrons. The van der Waals surface area contributed by atoms with Crippen LogP contribution in [0.5, 0.6) is 5.88 Å². The smallest absolute Gasteiger partial charge is 0.253 e. The Bertz CT molecular complexity index is 942. The first-order valence-corrected chi connectivity index (χ1v) is 7.31. The van der Waals surface area contributed by atoms with Crippen molar-refractivity contribution in [2.45, 2.75) is 6.54 Å². The summed E-state index contributed by atoms with van der Waals surface area (Å²) in [4.78, 5) is 0. The first-order valence-electron chi connectivity index (χ1n) is 7.31. The van der Waals surface area contributed by atoms with Crippen molar-refractivity contribution in [3.63, 3.8) is 0 Å². The SMILES string of the molecule is COc1cn(-c2nn(Cc3ccccc3)c3ccccc23)nn1. The molecule has 0 N–H and O–H groups in total. The van der Waals surface area contributed by atoms with Crippen molar-refractivity contribution >= 4 is 10.9 Å². The summed E-state index contributed by atoms with van der Waals surface area (Å²) < 4.78 is 8.72. The average molecular weight is 305 g/mol. The predicted molar refractivity (Wildman–Crippen MR) is 86.7 cm³/mol. The second-order valence-corrected chi connectivity index (χ2v) is 5.19. The Morgan fingerprint density at radius 3 is 2.57 bits per heavy atom. The first kappa shape index (κ1) is 13.5. The van der Waals surface area contributed by atoms with E-state index in [4.69, 9.17) is 9.84 Å². The monoisotopic (exact) mass is 305 g/mol. The summed E-state index contributed by atoms with van der Waals surface area (Å²) in [7, 11) is 1.57. The van der Waals surface area contributed by atoms with Crippen molar-refractivity contribution in [3.05, 3.63) is 66.4 Å². The van der Waals surface area contributed by atoms with E-state index in [0.29, 0.717) is 12.4 Å². The summed E-state index contributed by atoms with van der Waals surface area (Å²) in [6.45, 7) is 0.702. The van der Waals surface area contributed by atoms with Crippen LogP contribution in [0, 0.1) is 0 Å². The van der Waals surface area contributed by atoms with Crippen LogP contribution in [0.1, 0.15) is 5.56 Å². The third-order valence-electron chi connectivity index (χ3n) is 3.71. The van der Waals surface area contributed by atoms with Crippen molar-refractivity contribution in [2.75, 3.05) is 7.11 Å². The fraction of sp³-hybridized carbons (Fsp3) is 0.118. The number of benzene rings is 2. The molecule has 0 spiro atoms. The van der Waals surface area contributed by atoms with E-state index < -0.39 is 0 Å². The quantitative estimate of drug-likeness (QED) is 0.581. The van der Waals surface area contributed by atoms with Crippen molar-refractivity contribution < 1.29 is 4.74 Å². The fourth-order valence-corrected chi connectivity index (χ4v) is 2.60. The lowest BCUT2D eigenvalue weighted by Crippen LogP contribution is -2.03. The number of rotatable bonds is 4. The molecule has 0 aliphatic heterocycles. The number of ether oxygens (including phenoxy) is 1. The molecule has 2 aromatic carbocycles. The van der Waals surface area contributed by atoms with Crippen LogP contribution in [0.3, 0.4) is 0 Å². The number of nitrogens with zero attached hydrogens (tertiary/aromatic N) is 5. The zero-order valence-corrected chi connectivity index (χ0v) is 12.6. The molecule has 6 nitrogen and oxygen atoms in total.